The Balaban J connectivity index is 2.45. The first-order valence-electron chi connectivity index (χ1n) is 7.64. The average molecular weight is 307 g/mol. The molecule has 0 unspecified atom stereocenters. The lowest BCUT2D eigenvalue weighted by molar-refractivity contribution is 0.852. The lowest BCUT2D eigenvalue weighted by Gasteiger charge is -2.20. The predicted octanol–water partition coefficient (Wildman–Crippen LogP) is 3.28. The molecule has 0 aliphatic rings. The topological polar surface area (TPSA) is 38.1 Å². The van der Waals surface area contributed by atoms with Crippen molar-refractivity contribution in [2.75, 3.05) is 19.0 Å². The monoisotopic (exact) mass is 307 g/mol. The number of pyridine rings is 2. The summed E-state index contributed by atoms with van der Waals surface area (Å²) in [7, 11) is 5.77. The van der Waals surface area contributed by atoms with E-state index >= 15 is 0 Å². The van der Waals surface area contributed by atoms with Crippen molar-refractivity contribution in [3.05, 3.63) is 58.1 Å². The van der Waals surface area contributed by atoms with Crippen LogP contribution in [-0.4, -0.2) is 23.6 Å². The van der Waals surface area contributed by atoms with Crippen LogP contribution >= 0.6 is 0 Å². The molecule has 3 aromatic rings. The van der Waals surface area contributed by atoms with Gasteiger partial charge in [-0.3, -0.25) is 9.78 Å². The van der Waals surface area contributed by atoms with Gasteiger partial charge in [0.15, 0.2) is 0 Å². The summed E-state index contributed by atoms with van der Waals surface area (Å²) in [5, 5.41) is 1.08. The summed E-state index contributed by atoms with van der Waals surface area (Å²) in [5.74, 6) is 0. The Morgan fingerprint density at radius 1 is 1.13 bits per heavy atom. The maximum absolute atomic E-state index is 12.8. The van der Waals surface area contributed by atoms with Gasteiger partial charge in [-0.1, -0.05) is 18.2 Å². The van der Waals surface area contributed by atoms with Crippen molar-refractivity contribution in [3.8, 4) is 11.1 Å². The van der Waals surface area contributed by atoms with E-state index in [1.165, 1.54) is 0 Å². The highest BCUT2D eigenvalue weighted by Gasteiger charge is 2.17. The van der Waals surface area contributed by atoms with Crippen molar-refractivity contribution in [1.82, 2.24) is 9.55 Å². The zero-order chi connectivity index (χ0) is 16.7. The Bertz CT molecular complexity index is 955. The van der Waals surface area contributed by atoms with Gasteiger partial charge in [0.1, 0.15) is 0 Å². The number of benzene rings is 1. The molecule has 1 aromatic carbocycles. The first-order chi connectivity index (χ1) is 10.9. The number of rotatable bonds is 2. The van der Waals surface area contributed by atoms with Crippen LogP contribution in [-0.2, 0) is 7.05 Å². The van der Waals surface area contributed by atoms with E-state index in [1.54, 1.807) is 17.8 Å². The molecule has 0 bridgehead atoms. The summed E-state index contributed by atoms with van der Waals surface area (Å²) in [6.45, 7) is 4.07. The third-order valence-electron chi connectivity index (χ3n) is 4.35. The van der Waals surface area contributed by atoms with E-state index in [2.05, 4.69) is 24.0 Å². The van der Waals surface area contributed by atoms with Crippen LogP contribution in [0.15, 0.2) is 41.5 Å². The van der Waals surface area contributed by atoms with Gasteiger partial charge in [-0.05, 0) is 31.0 Å². The van der Waals surface area contributed by atoms with Gasteiger partial charge < -0.3 is 9.47 Å². The molecule has 0 aliphatic heterocycles. The second-order valence-electron chi connectivity index (χ2n) is 6.15. The number of aryl methyl sites for hydroxylation is 2. The predicted molar refractivity (Wildman–Crippen MR) is 96.2 cm³/mol. The fourth-order valence-corrected chi connectivity index (χ4v) is 3.09. The highest BCUT2D eigenvalue weighted by atomic mass is 16.1. The minimum Gasteiger partial charge on any atom is -0.376 e. The third kappa shape index (κ3) is 2.40. The number of hydrogen-bond acceptors (Lipinski definition) is 3. The van der Waals surface area contributed by atoms with E-state index in [0.717, 1.165) is 38.8 Å². The molecule has 4 heteroatoms. The van der Waals surface area contributed by atoms with Crippen molar-refractivity contribution < 1.29 is 0 Å². The summed E-state index contributed by atoms with van der Waals surface area (Å²) < 4.78 is 1.65. The number of hydrogen-bond donors (Lipinski definition) is 0. The first kappa shape index (κ1) is 15.3. The minimum atomic E-state index is 0.00362. The van der Waals surface area contributed by atoms with Crippen LogP contribution in [0.5, 0.6) is 0 Å². The Morgan fingerprint density at radius 3 is 2.57 bits per heavy atom. The summed E-state index contributed by atoms with van der Waals surface area (Å²) in [4.78, 5) is 19.4. The van der Waals surface area contributed by atoms with Crippen molar-refractivity contribution in [2.24, 2.45) is 7.05 Å². The molecule has 0 N–H and O–H groups in total. The zero-order valence-corrected chi connectivity index (χ0v) is 14.2. The second-order valence-corrected chi connectivity index (χ2v) is 6.15. The molecule has 3 rings (SSSR count). The molecule has 2 heterocycles. The smallest absolute Gasteiger partial charge is 0.258 e. The molecule has 0 aliphatic carbocycles. The summed E-state index contributed by atoms with van der Waals surface area (Å²) >= 11 is 0. The van der Waals surface area contributed by atoms with Gasteiger partial charge in [0, 0.05) is 44.5 Å². The molecule has 0 saturated heterocycles. The molecule has 118 valence electrons. The number of anilines is 1. The Kier molecular flexibility index (Phi) is 3.68. The van der Waals surface area contributed by atoms with Crippen LogP contribution in [0.4, 0.5) is 5.69 Å². The molecule has 0 fully saturated rings. The quantitative estimate of drug-likeness (QED) is 0.729. The third-order valence-corrected chi connectivity index (χ3v) is 4.35. The summed E-state index contributed by atoms with van der Waals surface area (Å²) in [6.07, 6.45) is 3.66. The summed E-state index contributed by atoms with van der Waals surface area (Å²) in [5.41, 5.74) is 5.68. The van der Waals surface area contributed by atoms with Gasteiger partial charge in [0.2, 0.25) is 0 Å². The Hall–Kier alpha value is -2.62. The van der Waals surface area contributed by atoms with Crippen LogP contribution in [0.2, 0.25) is 0 Å². The molecular formula is C19H21N3O. The Labute approximate surface area is 136 Å². The molecule has 0 atom stereocenters. The normalized spacial score (nSPS) is 11.0. The maximum Gasteiger partial charge on any atom is 0.258 e. The van der Waals surface area contributed by atoms with Crippen molar-refractivity contribution >= 4 is 16.6 Å². The molecule has 0 spiro atoms. The molecule has 0 amide bonds. The lowest BCUT2D eigenvalue weighted by Crippen LogP contribution is -2.23. The molecule has 0 radical (unpaired) electrons. The highest BCUT2D eigenvalue weighted by molar-refractivity contribution is 5.96. The van der Waals surface area contributed by atoms with Gasteiger partial charge in [-0.15, -0.1) is 0 Å². The molecule has 2 aromatic heterocycles. The fourth-order valence-electron chi connectivity index (χ4n) is 3.09. The molecule has 23 heavy (non-hydrogen) atoms. The van der Waals surface area contributed by atoms with Crippen molar-refractivity contribution in [3.63, 3.8) is 0 Å². The van der Waals surface area contributed by atoms with Gasteiger partial charge in [0.25, 0.3) is 5.56 Å². The first-order valence-corrected chi connectivity index (χ1v) is 7.64. The van der Waals surface area contributed by atoms with Gasteiger partial charge in [0.05, 0.1) is 16.8 Å². The zero-order valence-electron chi connectivity index (χ0n) is 14.2. The van der Waals surface area contributed by atoms with Gasteiger partial charge in [-0.2, -0.15) is 0 Å². The number of aromatic nitrogens is 2. The molecular weight excluding hydrogens is 286 g/mol. The summed E-state index contributed by atoms with van der Waals surface area (Å²) in [6, 6.07) is 8.05. The molecule has 0 saturated carbocycles. The van der Waals surface area contributed by atoms with Gasteiger partial charge >= 0.3 is 0 Å². The molecule has 4 nitrogen and oxygen atoms in total. The second kappa shape index (κ2) is 5.54. The van der Waals surface area contributed by atoms with Crippen LogP contribution in [0.25, 0.3) is 22.0 Å². The number of fused-ring (bicyclic) bond motifs is 1. The highest BCUT2D eigenvalue weighted by Crippen LogP contribution is 2.32. The SMILES string of the molecule is Cc1c(N(C)C)cn(C)c(=O)c1-c1ccc(C)c2cccnc12. The van der Waals surface area contributed by atoms with E-state index in [9.17, 15) is 4.79 Å². The van der Waals surface area contributed by atoms with E-state index < -0.39 is 0 Å². The van der Waals surface area contributed by atoms with E-state index in [-0.39, 0.29) is 5.56 Å². The fraction of sp³-hybridized carbons (Fsp3) is 0.263. The maximum atomic E-state index is 12.8. The van der Waals surface area contributed by atoms with Gasteiger partial charge in [-0.25, -0.2) is 0 Å². The van der Waals surface area contributed by atoms with E-state index in [4.69, 9.17) is 0 Å². The van der Waals surface area contributed by atoms with Crippen LogP contribution < -0.4 is 10.5 Å². The number of nitrogens with zero attached hydrogens (tertiary/aromatic N) is 3. The van der Waals surface area contributed by atoms with E-state index in [1.807, 2.05) is 44.2 Å². The van der Waals surface area contributed by atoms with Crippen molar-refractivity contribution in [2.45, 2.75) is 13.8 Å². The Morgan fingerprint density at radius 2 is 1.87 bits per heavy atom. The average Bonchev–Trinajstić information content (AvgIpc) is 2.53. The van der Waals surface area contributed by atoms with Crippen LogP contribution in [0.1, 0.15) is 11.1 Å². The minimum absolute atomic E-state index is 0.00362. The van der Waals surface area contributed by atoms with Crippen LogP contribution in [0, 0.1) is 13.8 Å². The van der Waals surface area contributed by atoms with E-state index in [0.29, 0.717) is 0 Å². The van der Waals surface area contributed by atoms with Crippen LogP contribution in [0.3, 0.4) is 0 Å². The van der Waals surface area contributed by atoms with Crippen molar-refractivity contribution in [1.29, 1.82) is 0 Å². The largest absolute Gasteiger partial charge is 0.376 e. The standard InChI is InChI=1S/C19H21N3O/c1-12-8-9-15(18-14(12)7-6-10-20-18)17-13(2)16(21(3)4)11-22(5)19(17)23/h6-11H,1-5H3. The lowest BCUT2D eigenvalue weighted by atomic mass is 9.96.